The van der Waals surface area contributed by atoms with Crippen molar-refractivity contribution in [3.05, 3.63) is 87.0 Å². The summed E-state index contributed by atoms with van der Waals surface area (Å²) in [6.45, 7) is 5.97. The van der Waals surface area contributed by atoms with Crippen LogP contribution in [0.2, 0.25) is 0 Å². The van der Waals surface area contributed by atoms with Gasteiger partial charge in [0, 0.05) is 35.9 Å². The van der Waals surface area contributed by atoms with Gasteiger partial charge in [0.1, 0.15) is 5.52 Å². The number of nitrogens with zero attached hydrogens (tertiary/aromatic N) is 6. The van der Waals surface area contributed by atoms with Crippen LogP contribution in [0.4, 0.5) is 4.39 Å². The van der Waals surface area contributed by atoms with Crippen molar-refractivity contribution in [1.29, 1.82) is 0 Å². The van der Waals surface area contributed by atoms with Gasteiger partial charge in [-0.25, -0.2) is 9.97 Å². The van der Waals surface area contributed by atoms with Crippen molar-refractivity contribution in [2.45, 2.75) is 64.8 Å². The summed E-state index contributed by atoms with van der Waals surface area (Å²) in [6, 6.07) is 3.76. The second kappa shape index (κ2) is 9.00. The molecule has 1 saturated carbocycles. The zero-order chi connectivity index (χ0) is 23.8. The van der Waals surface area contributed by atoms with Crippen molar-refractivity contribution in [3.63, 3.8) is 0 Å². The minimum atomic E-state index is -0.374. The normalized spacial score (nSPS) is 18.4. The van der Waals surface area contributed by atoms with Crippen LogP contribution in [0, 0.1) is 26.7 Å². The molecule has 0 N–H and O–H groups in total. The summed E-state index contributed by atoms with van der Waals surface area (Å²) < 4.78 is 16.1. The van der Waals surface area contributed by atoms with E-state index in [-0.39, 0.29) is 29.9 Å². The van der Waals surface area contributed by atoms with E-state index < -0.39 is 0 Å². The Morgan fingerprint density at radius 1 is 0.971 bits per heavy atom. The number of hydrogen-bond donors (Lipinski definition) is 0. The van der Waals surface area contributed by atoms with Crippen LogP contribution in [-0.4, -0.2) is 29.5 Å². The van der Waals surface area contributed by atoms with Crippen molar-refractivity contribution < 1.29 is 4.39 Å². The molecule has 7 nitrogen and oxygen atoms in total. The Morgan fingerprint density at radius 2 is 1.71 bits per heavy atom. The van der Waals surface area contributed by atoms with Crippen molar-refractivity contribution in [2.75, 3.05) is 0 Å². The quantitative estimate of drug-likeness (QED) is 0.418. The SMILES string of the molecule is Cc1cnc2cc([C@H]3CC[C@H](c4c(C)ccnc4F)CC3)c(=O)n(Cc3nccnc3C)c2n1. The molecule has 1 fully saturated rings. The molecule has 1 aliphatic carbocycles. The van der Waals surface area contributed by atoms with Crippen LogP contribution in [0.3, 0.4) is 0 Å². The predicted molar refractivity (Wildman–Crippen MR) is 127 cm³/mol. The van der Waals surface area contributed by atoms with Gasteiger partial charge in [-0.3, -0.25) is 24.3 Å². The summed E-state index contributed by atoms with van der Waals surface area (Å²) in [4.78, 5) is 35.6. The minimum Gasteiger partial charge on any atom is -0.285 e. The fourth-order valence-electron chi connectivity index (χ4n) is 5.14. The minimum absolute atomic E-state index is 0.0651. The summed E-state index contributed by atoms with van der Waals surface area (Å²) in [5.41, 5.74) is 5.85. The highest BCUT2D eigenvalue weighted by Gasteiger charge is 2.29. The fourth-order valence-corrected chi connectivity index (χ4v) is 5.14. The maximum Gasteiger partial charge on any atom is 0.256 e. The summed E-state index contributed by atoms with van der Waals surface area (Å²) in [7, 11) is 0. The van der Waals surface area contributed by atoms with Crippen LogP contribution in [0.1, 0.15) is 71.3 Å². The molecule has 8 heteroatoms. The van der Waals surface area contributed by atoms with Gasteiger partial charge in [0.15, 0.2) is 5.65 Å². The zero-order valence-electron chi connectivity index (χ0n) is 19.6. The average molecular weight is 459 g/mol. The van der Waals surface area contributed by atoms with Crippen LogP contribution < -0.4 is 5.56 Å². The van der Waals surface area contributed by atoms with Crippen LogP contribution in [0.5, 0.6) is 0 Å². The molecular weight excluding hydrogens is 431 g/mol. The molecule has 0 atom stereocenters. The number of hydrogen-bond acceptors (Lipinski definition) is 6. The number of halogens is 1. The second-order valence-corrected chi connectivity index (χ2v) is 9.18. The largest absolute Gasteiger partial charge is 0.285 e. The standard InChI is InChI=1S/C26H27FN6O/c1-15-8-9-30-24(27)23(15)19-6-4-18(5-7-19)20-12-21-25(32-16(2)13-31-21)33(26(20)34)14-22-17(3)28-10-11-29-22/h8-13,18-19H,4-7,14H2,1-3H3/t18-,19-. The molecule has 1 aliphatic rings. The van der Waals surface area contributed by atoms with Crippen molar-refractivity contribution in [2.24, 2.45) is 0 Å². The van der Waals surface area contributed by atoms with Gasteiger partial charge in [-0.15, -0.1) is 0 Å². The lowest BCUT2D eigenvalue weighted by atomic mass is 9.75. The molecule has 4 aromatic heterocycles. The summed E-state index contributed by atoms with van der Waals surface area (Å²) >= 11 is 0. The van der Waals surface area contributed by atoms with Gasteiger partial charge in [-0.05, 0) is 76.0 Å². The molecule has 5 rings (SSSR count). The number of aryl methyl sites for hydroxylation is 3. The summed E-state index contributed by atoms with van der Waals surface area (Å²) in [5, 5.41) is 0. The van der Waals surface area contributed by atoms with Gasteiger partial charge in [0.2, 0.25) is 5.95 Å². The van der Waals surface area contributed by atoms with Crippen LogP contribution in [0.15, 0.2) is 41.7 Å². The molecule has 0 aromatic carbocycles. The number of rotatable bonds is 4. The first-order chi connectivity index (χ1) is 16.4. The third-order valence-corrected chi connectivity index (χ3v) is 6.97. The van der Waals surface area contributed by atoms with Gasteiger partial charge in [-0.1, -0.05) is 0 Å². The van der Waals surface area contributed by atoms with Crippen molar-refractivity contribution in [3.8, 4) is 0 Å². The molecule has 34 heavy (non-hydrogen) atoms. The third kappa shape index (κ3) is 4.08. The van der Waals surface area contributed by atoms with Crippen LogP contribution in [0.25, 0.3) is 11.2 Å². The molecule has 4 aromatic rings. The Hall–Kier alpha value is -3.55. The molecule has 0 saturated heterocycles. The second-order valence-electron chi connectivity index (χ2n) is 9.18. The lowest BCUT2D eigenvalue weighted by Crippen LogP contribution is -2.29. The number of fused-ring (bicyclic) bond motifs is 1. The molecule has 0 bridgehead atoms. The lowest BCUT2D eigenvalue weighted by molar-refractivity contribution is 0.380. The molecule has 0 spiro atoms. The number of pyridine rings is 2. The van der Waals surface area contributed by atoms with Gasteiger partial charge in [0.05, 0.1) is 23.6 Å². The first-order valence-corrected chi connectivity index (χ1v) is 11.7. The average Bonchev–Trinajstić information content (AvgIpc) is 2.82. The van der Waals surface area contributed by atoms with Gasteiger partial charge in [-0.2, -0.15) is 4.39 Å². The predicted octanol–water partition coefficient (Wildman–Crippen LogP) is 4.53. The Kier molecular flexibility index (Phi) is 5.89. The molecule has 0 unspecified atom stereocenters. The van der Waals surface area contributed by atoms with Crippen LogP contribution in [-0.2, 0) is 6.54 Å². The van der Waals surface area contributed by atoms with Crippen LogP contribution >= 0.6 is 0 Å². The van der Waals surface area contributed by atoms with E-state index in [0.717, 1.165) is 59.5 Å². The van der Waals surface area contributed by atoms with Crippen molar-refractivity contribution in [1.82, 2.24) is 29.5 Å². The van der Waals surface area contributed by atoms with Gasteiger partial charge < -0.3 is 0 Å². The highest BCUT2D eigenvalue weighted by atomic mass is 19.1. The topological polar surface area (TPSA) is 86.5 Å². The monoisotopic (exact) mass is 458 g/mol. The van der Waals surface area contributed by atoms with E-state index in [4.69, 9.17) is 0 Å². The lowest BCUT2D eigenvalue weighted by Gasteiger charge is -2.30. The van der Waals surface area contributed by atoms with E-state index >= 15 is 0 Å². The van der Waals surface area contributed by atoms with E-state index in [1.807, 2.05) is 32.9 Å². The highest BCUT2D eigenvalue weighted by Crippen LogP contribution is 2.41. The first kappa shape index (κ1) is 22.3. The van der Waals surface area contributed by atoms with E-state index in [9.17, 15) is 9.18 Å². The van der Waals surface area contributed by atoms with Gasteiger partial charge in [0.25, 0.3) is 5.56 Å². The smallest absolute Gasteiger partial charge is 0.256 e. The zero-order valence-corrected chi connectivity index (χ0v) is 19.6. The molecule has 4 heterocycles. The Bertz CT molecular complexity index is 1400. The Morgan fingerprint density at radius 3 is 2.44 bits per heavy atom. The summed E-state index contributed by atoms with van der Waals surface area (Å²) in [5.74, 6) is -0.163. The van der Waals surface area contributed by atoms with E-state index in [1.54, 1.807) is 23.2 Å². The Labute approximate surface area is 197 Å². The molecular formula is C26H27FN6O. The molecule has 0 radical (unpaired) electrons. The maximum absolute atomic E-state index is 14.4. The van der Waals surface area contributed by atoms with E-state index in [2.05, 4.69) is 24.9 Å². The Balaban J connectivity index is 1.51. The third-order valence-electron chi connectivity index (χ3n) is 6.97. The van der Waals surface area contributed by atoms with E-state index in [1.165, 1.54) is 6.20 Å². The first-order valence-electron chi connectivity index (χ1n) is 11.7. The maximum atomic E-state index is 14.4. The summed E-state index contributed by atoms with van der Waals surface area (Å²) in [6.07, 6.45) is 9.76. The fraction of sp³-hybridized carbons (Fsp3) is 0.385. The molecule has 174 valence electrons. The van der Waals surface area contributed by atoms with E-state index in [0.29, 0.717) is 11.2 Å². The van der Waals surface area contributed by atoms with Crippen molar-refractivity contribution >= 4 is 11.2 Å². The molecule has 0 amide bonds. The highest BCUT2D eigenvalue weighted by molar-refractivity contribution is 5.71. The number of aromatic nitrogens is 6. The van der Waals surface area contributed by atoms with Gasteiger partial charge >= 0.3 is 0 Å². The molecule has 0 aliphatic heterocycles.